The average molecular weight is 187 g/mol. The van der Waals surface area contributed by atoms with Gasteiger partial charge in [-0.1, -0.05) is 0 Å². The highest BCUT2D eigenvalue weighted by atomic mass is 15.1. The maximum absolute atomic E-state index is 5.87. The molecule has 3 heteroatoms. The first kappa shape index (κ1) is 7.74. The Morgan fingerprint density at radius 1 is 1.43 bits per heavy atom. The van der Waals surface area contributed by atoms with Crippen molar-refractivity contribution in [1.29, 1.82) is 0 Å². The van der Waals surface area contributed by atoms with E-state index in [1.165, 1.54) is 11.3 Å². The molecule has 72 valence electrons. The van der Waals surface area contributed by atoms with Crippen LogP contribution in [0.4, 0.5) is 11.4 Å². The number of hydrogen-bond donors (Lipinski definition) is 2. The van der Waals surface area contributed by atoms with Crippen LogP contribution in [0, 0.1) is 0 Å². The number of hydrogen-bond acceptors (Lipinski definition) is 2. The molecule has 1 aliphatic heterocycles. The van der Waals surface area contributed by atoms with Gasteiger partial charge >= 0.3 is 0 Å². The third kappa shape index (κ3) is 0.867. The average Bonchev–Trinajstić information content (AvgIpc) is 2.71. The maximum Gasteiger partial charge on any atom is 0.0572 e. The van der Waals surface area contributed by atoms with Gasteiger partial charge in [0.2, 0.25) is 0 Å². The molecule has 1 aromatic carbocycles. The van der Waals surface area contributed by atoms with Crippen molar-refractivity contribution in [3.05, 3.63) is 23.9 Å². The molecular formula is C11H13N3. The van der Waals surface area contributed by atoms with Crippen molar-refractivity contribution in [2.75, 3.05) is 24.2 Å². The van der Waals surface area contributed by atoms with Crippen LogP contribution >= 0.6 is 0 Å². The normalized spacial score (nSPS) is 15.1. The molecule has 0 unspecified atom stereocenters. The van der Waals surface area contributed by atoms with Gasteiger partial charge in [0.15, 0.2) is 0 Å². The minimum atomic E-state index is 0.836. The Bertz CT molecular complexity index is 498. The molecule has 0 radical (unpaired) electrons. The van der Waals surface area contributed by atoms with Crippen LogP contribution in [0.2, 0.25) is 0 Å². The van der Waals surface area contributed by atoms with Crippen LogP contribution in [-0.4, -0.2) is 18.6 Å². The highest BCUT2D eigenvalue weighted by Gasteiger charge is 2.17. The molecule has 0 aliphatic carbocycles. The SMILES string of the molecule is CN1CCc2cc3[nH]cc(N)c3cc21. The first-order valence-corrected chi connectivity index (χ1v) is 4.86. The topological polar surface area (TPSA) is 45.0 Å². The Morgan fingerprint density at radius 2 is 2.29 bits per heavy atom. The van der Waals surface area contributed by atoms with Gasteiger partial charge in [-0.15, -0.1) is 0 Å². The van der Waals surface area contributed by atoms with Crippen molar-refractivity contribution in [3.8, 4) is 0 Å². The molecule has 1 aliphatic rings. The zero-order valence-corrected chi connectivity index (χ0v) is 8.17. The van der Waals surface area contributed by atoms with Crippen LogP contribution in [0.15, 0.2) is 18.3 Å². The number of H-pyrrole nitrogens is 1. The summed E-state index contributed by atoms with van der Waals surface area (Å²) in [4.78, 5) is 5.47. The number of aromatic amines is 1. The second-order valence-electron chi connectivity index (χ2n) is 3.94. The molecule has 2 heterocycles. The largest absolute Gasteiger partial charge is 0.397 e. The summed E-state index contributed by atoms with van der Waals surface area (Å²) in [7, 11) is 2.13. The van der Waals surface area contributed by atoms with E-state index in [-0.39, 0.29) is 0 Å². The number of nitrogen functional groups attached to an aromatic ring is 1. The van der Waals surface area contributed by atoms with Gasteiger partial charge in [0, 0.05) is 36.4 Å². The van der Waals surface area contributed by atoms with Crippen molar-refractivity contribution in [2.24, 2.45) is 0 Å². The van der Waals surface area contributed by atoms with Crippen molar-refractivity contribution in [3.63, 3.8) is 0 Å². The van der Waals surface area contributed by atoms with Gasteiger partial charge in [-0.3, -0.25) is 0 Å². The van der Waals surface area contributed by atoms with E-state index in [2.05, 4.69) is 29.1 Å². The molecule has 1 aromatic heterocycles. The lowest BCUT2D eigenvalue weighted by atomic mass is 10.1. The summed E-state index contributed by atoms with van der Waals surface area (Å²) in [6.45, 7) is 1.11. The van der Waals surface area contributed by atoms with Gasteiger partial charge in [0.1, 0.15) is 0 Å². The van der Waals surface area contributed by atoms with Gasteiger partial charge in [0.05, 0.1) is 5.69 Å². The van der Waals surface area contributed by atoms with Crippen LogP contribution in [0.1, 0.15) is 5.56 Å². The molecule has 14 heavy (non-hydrogen) atoms. The minimum absolute atomic E-state index is 0.836. The molecule has 0 amide bonds. The van der Waals surface area contributed by atoms with Crippen LogP contribution in [0.3, 0.4) is 0 Å². The first-order valence-electron chi connectivity index (χ1n) is 4.86. The summed E-state index contributed by atoms with van der Waals surface area (Å²) < 4.78 is 0. The van der Waals surface area contributed by atoms with E-state index >= 15 is 0 Å². The summed E-state index contributed by atoms with van der Waals surface area (Å²) in [5.74, 6) is 0. The van der Waals surface area contributed by atoms with Crippen LogP contribution in [0.25, 0.3) is 10.9 Å². The van der Waals surface area contributed by atoms with E-state index < -0.39 is 0 Å². The Kier molecular flexibility index (Phi) is 1.35. The number of benzene rings is 1. The third-order valence-electron chi connectivity index (χ3n) is 3.04. The fraction of sp³-hybridized carbons (Fsp3) is 0.273. The predicted octanol–water partition coefficient (Wildman–Crippen LogP) is 1.74. The quantitative estimate of drug-likeness (QED) is 0.660. The summed E-state index contributed by atoms with van der Waals surface area (Å²) in [5, 5.41) is 1.14. The van der Waals surface area contributed by atoms with Crippen molar-refractivity contribution in [1.82, 2.24) is 4.98 Å². The molecule has 3 N–H and O–H groups in total. The van der Waals surface area contributed by atoms with Crippen molar-refractivity contribution >= 4 is 22.3 Å². The Balaban J connectivity index is 2.34. The summed E-state index contributed by atoms with van der Waals surface area (Å²) >= 11 is 0. The number of nitrogens with two attached hydrogens (primary N) is 1. The number of anilines is 2. The molecule has 0 saturated carbocycles. The number of nitrogens with zero attached hydrogens (tertiary/aromatic N) is 1. The molecular weight excluding hydrogens is 174 g/mol. The van der Waals surface area contributed by atoms with Crippen LogP contribution in [-0.2, 0) is 6.42 Å². The minimum Gasteiger partial charge on any atom is -0.397 e. The van der Waals surface area contributed by atoms with E-state index in [4.69, 9.17) is 5.73 Å². The standard InChI is InChI=1S/C11H13N3/c1-14-3-2-7-4-10-8(5-11(7)14)9(12)6-13-10/h4-6,13H,2-3,12H2,1H3. The Labute approximate surface area is 82.5 Å². The van der Waals surface area contributed by atoms with E-state index in [0.29, 0.717) is 0 Å². The number of nitrogens with one attached hydrogen (secondary N) is 1. The lowest BCUT2D eigenvalue weighted by molar-refractivity contribution is 0.956. The lowest BCUT2D eigenvalue weighted by Crippen LogP contribution is -2.12. The number of aromatic nitrogens is 1. The second-order valence-corrected chi connectivity index (χ2v) is 3.94. The van der Waals surface area contributed by atoms with E-state index in [0.717, 1.165) is 29.6 Å². The van der Waals surface area contributed by atoms with Crippen molar-refractivity contribution < 1.29 is 0 Å². The predicted molar refractivity (Wildman–Crippen MR) is 59.7 cm³/mol. The molecule has 0 fully saturated rings. The van der Waals surface area contributed by atoms with Crippen molar-refractivity contribution in [2.45, 2.75) is 6.42 Å². The molecule has 3 rings (SSSR count). The smallest absolute Gasteiger partial charge is 0.0572 e. The summed E-state index contributed by atoms with van der Waals surface area (Å²) in [6, 6.07) is 4.40. The van der Waals surface area contributed by atoms with Gasteiger partial charge in [-0.25, -0.2) is 0 Å². The lowest BCUT2D eigenvalue weighted by Gasteiger charge is -2.11. The first-order chi connectivity index (χ1) is 6.75. The summed E-state index contributed by atoms with van der Waals surface area (Å²) in [5.41, 5.74) is 10.6. The Hall–Kier alpha value is -1.64. The van der Waals surface area contributed by atoms with Gasteiger partial charge < -0.3 is 15.6 Å². The second kappa shape index (κ2) is 2.44. The van der Waals surface area contributed by atoms with E-state index in [1.54, 1.807) is 0 Å². The number of rotatable bonds is 0. The van der Waals surface area contributed by atoms with Crippen LogP contribution < -0.4 is 10.6 Å². The molecule has 3 nitrogen and oxygen atoms in total. The van der Waals surface area contributed by atoms with Gasteiger partial charge in [0.25, 0.3) is 0 Å². The van der Waals surface area contributed by atoms with E-state index in [9.17, 15) is 0 Å². The van der Waals surface area contributed by atoms with Crippen LogP contribution in [0.5, 0.6) is 0 Å². The number of likely N-dealkylation sites (N-methyl/N-ethyl adjacent to an activating group) is 1. The van der Waals surface area contributed by atoms with Gasteiger partial charge in [-0.05, 0) is 24.1 Å². The Morgan fingerprint density at radius 3 is 3.14 bits per heavy atom. The summed E-state index contributed by atoms with van der Waals surface area (Å²) in [6.07, 6.45) is 3.00. The monoisotopic (exact) mass is 187 g/mol. The highest BCUT2D eigenvalue weighted by Crippen LogP contribution is 2.33. The maximum atomic E-state index is 5.87. The fourth-order valence-corrected chi connectivity index (χ4v) is 2.19. The zero-order valence-electron chi connectivity index (χ0n) is 8.17. The molecule has 0 spiro atoms. The third-order valence-corrected chi connectivity index (χ3v) is 3.04. The molecule has 0 saturated heterocycles. The molecule has 2 aromatic rings. The molecule has 0 atom stereocenters. The van der Waals surface area contributed by atoms with Gasteiger partial charge in [-0.2, -0.15) is 0 Å². The van der Waals surface area contributed by atoms with E-state index in [1.807, 2.05) is 6.20 Å². The fourth-order valence-electron chi connectivity index (χ4n) is 2.19. The highest BCUT2D eigenvalue weighted by molar-refractivity contribution is 5.95. The number of fused-ring (bicyclic) bond motifs is 2. The zero-order chi connectivity index (χ0) is 9.71. The molecule has 0 bridgehead atoms.